The third-order valence-electron chi connectivity index (χ3n) is 4.25. The topological polar surface area (TPSA) is 49.3 Å². The summed E-state index contributed by atoms with van der Waals surface area (Å²) in [6.45, 7) is 0.741. The zero-order valence-corrected chi connectivity index (χ0v) is 11.8. The molecule has 0 saturated carbocycles. The monoisotopic (exact) mass is 281 g/mol. The molecule has 1 fully saturated rings. The van der Waals surface area contributed by atoms with Crippen LogP contribution in [0.5, 0.6) is 0 Å². The van der Waals surface area contributed by atoms with E-state index in [2.05, 4.69) is 29.6 Å². The molecule has 0 aliphatic carbocycles. The van der Waals surface area contributed by atoms with Gasteiger partial charge in [-0.3, -0.25) is 4.79 Å². The van der Waals surface area contributed by atoms with E-state index >= 15 is 0 Å². The Morgan fingerprint density at radius 1 is 1.00 bits per heavy atom. The van der Waals surface area contributed by atoms with Crippen molar-refractivity contribution in [1.29, 1.82) is 0 Å². The van der Waals surface area contributed by atoms with E-state index in [-0.39, 0.29) is 5.92 Å². The minimum absolute atomic E-state index is 0.240. The number of hydrogen-bond acceptors (Lipinski definition) is 2. The summed E-state index contributed by atoms with van der Waals surface area (Å²) in [7, 11) is 0. The third kappa shape index (κ3) is 2.98. The fourth-order valence-corrected chi connectivity index (χ4v) is 3.26. The number of carboxylic acid groups (broad SMARTS) is 1. The van der Waals surface area contributed by atoms with Crippen LogP contribution < -0.4 is 5.32 Å². The van der Waals surface area contributed by atoms with Gasteiger partial charge >= 0.3 is 5.97 Å². The number of carbonyl (C=O) groups is 1. The molecule has 108 valence electrons. The van der Waals surface area contributed by atoms with Crippen molar-refractivity contribution in [2.75, 3.05) is 6.54 Å². The molecule has 0 amide bonds. The van der Waals surface area contributed by atoms with Crippen molar-refractivity contribution in [2.24, 2.45) is 5.92 Å². The molecule has 1 heterocycles. The number of benzene rings is 2. The van der Waals surface area contributed by atoms with Crippen LogP contribution in [-0.2, 0) is 4.79 Å². The highest BCUT2D eigenvalue weighted by Crippen LogP contribution is 2.36. The molecule has 21 heavy (non-hydrogen) atoms. The number of aliphatic carboxylic acids is 1. The summed E-state index contributed by atoms with van der Waals surface area (Å²) >= 11 is 0. The van der Waals surface area contributed by atoms with Crippen LogP contribution in [0.3, 0.4) is 0 Å². The van der Waals surface area contributed by atoms with Crippen molar-refractivity contribution in [3.8, 4) is 0 Å². The van der Waals surface area contributed by atoms with Crippen LogP contribution in [0, 0.1) is 5.92 Å². The van der Waals surface area contributed by atoms with Crippen LogP contribution in [-0.4, -0.2) is 23.7 Å². The summed E-state index contributed by atoms with van der Waals surface area (Å²) in [5.74, 6) is -0.211. The van der Waals surface area contributed by atoms with Crippen molar-refractivity contribution >= 4 is 5.97 Å². The van der Waals surface area contributed by atoms with Gasteiger partial charge in [0.15, 0.2) is 0 Å². The van der Waals surface area contributed by atoms with E-state index in [1.807, 2.05) is 36.4 Å². The molecule has 1 saturated heterocycles. The van der Waals surface area contributed by atoms with Gasteiger partial charge in [0.2, 0.25) is 0 Å². The maximum Gasteiger partial charge on any atom is 0.320 e. The average Bonchev–Trinajstić information content (AvgIpc) is 3.00. The summed E-state index contributed by atoms with van der Waals surface area (Å²) in [5.41, 5.74) is 2.50. The standard InChI is InChI=1S/C18H19NO2/c20-18(21)16-11-15(12-19-16)17(13-7-3-1-4-8-13)14-9-5-2-6-10-14/h1-10,15-17,19H,11-12H2,(H,20,21). The Balaban J connectivity index is 1.93. The molecule has 2 aromatic carbocycles. The highest BCUT2D eigenvalue weighted by molar-refractivity contribution is 5.73. The minimum atomic E-state index is -0.752. The van der Waals surface area contributed by atoms with E-state index in [1.165, 1.54) is 11.1 Å². The smallest absolute Gasteiger partial charge is 0.320 e. The van der Waals surface area contributed by atoms with Gasteiger partial charge < -0.3 is 10.4 Å². The number of carboxylic acids is 1. The van der Waals surface area contributed by atoms with Gasteiger partial charge in [0, 0.05) is 5.92 Å². The van der Waals surface area contributed by atoms with Crippen LogP contribution in [0.15, 0.2) is 60.7 Å². The molecule has 2 atom stereocenters. The van der Waals surface area contributed by atoms with Gasteiger partial charge in [-0.15, -0.1) is 0 Å². The largest absolute Gasteiger partial charge is 0.480 e. The first-order valence-corrected chi connectivity index (χ1v) is 7.32. The first kappa shape index (κ1) is 13.8. The Bertz CT molecular complexity index is 558. The average molecular weight is 281 g/mol. The van der Waals surface area contributed by atoms with Crippen molar-refractivity contribution in [1.82, 2.24) is 5.32 Å². The van der Waals surface area contributed by atoms with Crippen LogP contribution in [0.4, 0.5) is 0 Å². The van der Waals surface area contributed by atoms with E-state index in [9.17, 15) is 9.90 Å². The van der Waals surface area contributed by atoms with Gasteiger partial charge in [-0.05, 0) is 30.0 Å². The summed E-state index contributed by atoms with van der Waals surface area (Å²) in [6, 6.07) is 20.3. The second kappa shape index (κ2) is 6.10. The molecule has 2 unspecified atom stereocenters. The highest BCUT2D eigenvalue weighted by Gasteiger charge is 2.35. The summed E-state index contributed by atoms with van der Waals surface area (Å²) in [5, 5.41) is 12.3. The predicted molar refractivity (Wildman–Crippen MR) is 82.3 cm³/mol. The van der Waals surface area contributed by atoms with Gasteiger partial charge in [0.05, 0.1) is 0 Å². The summed E-state index contributed by atoms with van der Waals surface area (Å²) in [4.78, 5) is 11.2. The summed E-state index contributed by atoms with van der Waals surface area (Å²) < 4.78 is 0. The van der Waals surface area contributed by atoms with Crippen LogP contribution in [0.25, 0.3) is 0 Å². The van der Waals surface area contributed by atoms with Gasteiger partial charge in [-0.25, -0.2) is 0 Å². The van der Waals surface area contributed by atoms with Gasteiger partial charge in [0.25, 0.3) is 0 Å². The molecular formula is C18H19NO2. The highest BCUT2D eigenvalue weighted by atomic mass is 16.4. The number of nitrogens with one attached hydrogen (secondary N) is 1. The molecule has 2 aromatic rings. The lowest BCUT2D eigenvalue weighted by Crippen LogP contribution is -2.29. The predicted octanol–water partition coefficient (Wildman–Crippen LogP) is 2.88. The molecular weight excluding hydrogens is 262 g/mol. The fourth-order valence-electron chi connectivity index (χ4n) is 3.26. The Morgan fingerprint density at radius 2 is 1.52 bits per heavy atom. The van der Waals surface area contributed by atoms with Gasteiger partial charge in [-0.1, -0.05) is 60.7 Å². The first-order valence-electron chi connectivity index (χ1n) is 7.32. The van der Waals surface area contributed by atoms with Crippen molar-refractivity contribution < 1.29 is 9.90 Å². The molecule has 3 nitrogen and oxygen atoms in total. The third-order valence-corrected chi connectivity index (χ3v) is 4.25. The summed E-state index contributed by atoms with van der Waals surface area (Å²) in [6.07, 6.45) is 0.670. The molecule has 1 aliphatic rings. The van der Waals surface area contributed by atoms with E-state index < -0.39 is 12.0 Å². The second-order valence-corrected chi connectivity index (χ2v) is 5.59. The van der Waals surface area contributed by atoms with Crippen molar-refractivity contribution in [2.45, 2.75) is 18.4 Å². The van der Waals surface area contributed by atoms with E-state index in [0.29, 0.717) is 12.3 Å². The SMILES string of the molecule is O=C(O)C1CC(C(c2ccccc2)c2ccccc2)CN1. The molecule has 2 N–H and O–H groups in total. The molecule has 3 heteroatoms. The molecule has 1 aliphatic heterocycles. The lowest BCUT2D eigenvalue weighted by Gasteiger charge is -2.24. The van der Waals surface area contributed by atoms with Crippen molar-refractivity contribution in [3.05, 3.63) is 71.8 Å². The van der Waals surface area contributed by atoms with E-state index in [4.69, 9.17) is 0 Å². The maximum atomic E-state index is 11.2. The molecule has 0 bridgehead atoms. The Labute approximate surface area is 124 Å². The number of rotatable bonds is 4. The maximum absolute atomic E-state index is 11.2. The first-order chi connectivity index (χ1) is 10.3. The zero-order valence-electron chi connectivity index (χ0n) is 11.8. The molecule has 3 rings (SSSR count). The normalized spacial score (nSPS) is 21.6. The van der Waals surface area contributed by atoms with Crippen molar-refractivity contribution in [3.63, 3.8) is 0 Å². The quantitative estimate of drug-likeness (QED) is 0.906. The molecule has 0 aromatic heterocycles. The molecule has 0 spiro atoms. The van der Waals surface area contributed by atoms with Crippen LogP contribution in [0.2, 0.25) is 0 Å². The lowest BCUT2D eigenvalue weighted by molar-refractivity contribution is -0.139. The Kier molecular flexibility index (Phi) is 4.02. The van der Waals surface area contributed by atoms with Gasteiger partial charge in [-0.2, -0.15) is 0 Å². The van der Waals surface area contributed by atoms with E-state index in [0.717, 1.165) is 6.54 Å². The Hall–Kier alpha value is -2.13. The zero-order chi connectivity index (χ0) is 14.7. The minimum Gasteiger partial charge on any atom is -0.480 e. The Morgan fingerprint density at radius 3 is 1.95 bits per heavy atom. The number of hydrogen-bond donors (Lipinski definition) is 2. The molecule has 0 radical (unpaired) electrons. The van der Waals surface area contributed by atoms with Crippen LogP contribution in [0.1, 0.15) is 23.5 Å². The van der Waals surface area contributed by atoms with Crippen LogP contribution >= 0.6 is 0 Å². The second-order valence-electron chi connectivity index (χ2n) is 5.59. The van der Waals surface area contributed by atoms with E-state index in [1.54, 1.807) is 0 Å². The lowest BCUT2D eigenvalue weighted by atomic mass is 9.79. The fraction of sp³-hybridized carbons (Fsp3) is 0.278. The van der Waals surface area contributed by atoms with Gasteiger partial charge in [0.1, 0.15) is 6.04 Å².